The molecule has 2 N–H and O–H groups in total. The standard InChI is InChI=1S/C18H20Cl2N4O2/c1-24(2)11-5-10-21-17(25)14-8-4-9-15(22-14)18(26)23-16-12(19)6-3-7-13(16)20/h3-4,6-9H,5,10-11H2,1-2H3,(H,21,25)(H,23,26). The molecule has 0 unspecified atom stereocenters. The number of hydrogen-bond acceptors (Lipinski definition) is 4. The van der Waals surface area contributed by atoms with E-state index in [0.29, 0.717) is 22.3 Å². The van der Waals surface area contributed by atoms with Crippen LogP contribution >= 0.6 is 23.2 Å². The van der Waals surface area contributed by atoms with Gasteiger partial charge in [-0.25, -0.2) is 4.98 Å². The van der Waals surface area contributed by atoms with Crippen molar-refractivity contribution in [2.45, 2.75) is 6.42 Å². The number of nitrogens with zero attached hydrogens (tertiary/aromatic N) is 2. The van der Waals surface area contributed by atoms with Crippen molar-refractivity contribution >= 4 is 40.7 Å². The Balaban J connectivity index is 2.03. The summed E-state index contributed by atoms with van der Waals surface area (Å²) < 4.78 is 0. The summed E-state index contributed by atoms with van der Waals surface area (Å²) in [5.74, 6) is -0.823. The molecule has 0 bridgehead atoms. The molecule has 0 radical (unpaired) electrons. The Hall–Kier alpha value is -2.15. The average molecular weight is 395 g/mol. The molecule has 0 spiro atoms. The first-order chi connectivity index (χ1) is 12.4. The van der Waals surface area contributed by atoms with E-state index in [9.17, 15) is 9.59 Å². The predicted molar refractivity (Wildman–Crippen MR) is 104 cm³/mol. The van der Waals surface area contributed by atoms with Crippen LogP contribution < -0.4 is 10.6 Å². The number of pyridine rings is 1. The molecule has 2 amide bonds. The van der Waals surface area contributed by atoms with E-state index in [1.807, 2.05) is 19.0 Å². The molecule has 2 aromatic rings. The van der Waals surface area contributed by atoms with Gasteiger partial charge in [-0.05, 0) is 51.3 Å². The summed E-state index contributed by atoms with van der Waals surface area (Å²) in [6, 6.07) is 9.59. The molecule has 0 aliphatic carbocycles. The fraction of sp³-hybridized carbons (Fsp3) is 0.278. The Labute approximate surface area is 162 Å². The second-order valence-electron chi connectivity index (χ2n) is 5.87. The van der Waals surface area contributed by atoms with Gasteiger partial charge in [0.25, 0.3) is 11.8 Å². The van der Waals surface area contributed by atoms with Crippen molar-refractivity contribution in [2.24, 2.45) is 0 Å². The van der Waals surface area contributed by atoms with Crippen molar-refractivity contribution in [3.8, 4) is 0 Å². The molecule has 8 heteroatoms. The van der Waals surface area contributed by atoms with Gasteiger partial charge in [0.2, 0.25) is 0 Å². The van der Waals surface area contributed by atoms with E-state index in [1.165, 1.54) is 6.07 Å². The highest BCUT2D eigenvalue weighted by Crippen LogP contribution is 2.30. The maximum atomic E-state index is 12.4. The third-order valence-corrected chi connectivity index (χ3v) is 4.11. The highest BCUT2D eigenvalue weighted by atomic mass is 35.5. The van der Waals surface area contributed by atoms with E-state index in [2.05, 4.69) is 15.6 Å². The summed E-state index contributed by atoms with van der Waals surface area (Å²) in [4.78, 5) is 30.7. The maximum absolute atomic E-state index is 12.4. The number of amides is 2. The van der Waals surface area contributed by atoms with Crippen molar-refractivity contribution in [2.75, 3.05) is 32.5 Å². The van der Waals surface area contributed by atoms with Gasteiger partial charge in [0, 0.05) is 6.54 Å². The molecule has 0 aliphatic heterocycles. The molecular formula is C18H20Cl2N4O2. The SMILES string of the molecule is CN(C)CCCNC(=O)c1cccc(C(=O)Nc2c(Cl)cccc2Cl)n1. The monoisotopic (exact) mass is 394 g/mol. The van der Waals surface area contributed by atoms with Gasteiger partial charge in [0.05, 0.1) is 15.7 Å². The van der Waals surface area contributed by atoms with Crippen LogP contribution in [0.25, 0.3) is 0 Å². The lowest BCUT2D eigenvalue weighted by molar-refractivity contribution is 0.0947. The highest BCUT2D eigenvalue weighted by molar-refractivity contribution is 6.40. The van der Waals surface area contributed by atoms with Crippen LogP contribution in [0, 0.1) is 0 Å². The number of carbonyl (C=O) groups is 2. The van der Waals surface area contributed by atoms with Crippen molar-refractivity contribution in [1.29, 1.82) is 0 Å². The van der Waals surface area contributed by atoms with Gasteiger partial charge in [-0.3, -0.25) is 9.59 Å². The number of hydrogen-bond donors (Lipinski definition) is 2. The molecule has 0 fully saturated rings. The maximum Gasteiger partial charge on any atom is 0.274 e. The molecule has 0 atom stereocenters. The summed E-state index contributed by atoms with van der Waals surface area (Å²) >= 11 is 12.1. The Morgan fingerprint density at radius 3 is 2.19 bits per heavy atom. The summed E-state index contributed by atoms with van der Waals surface area (Å²) in [6.45, 7) is 1.40. The van der Waals surface area contributed by atoms with Gasteiger partial charge < -0.3 is 15.5 Å². The zero-order valence-corrected chi connectivity index (χ0v) is 16.1. The van der Waals surface area contributed by atoms with Crippen LogP contribution in [0.15, 0.2) is 36.4 Å². The summed E-state index contributed by atoms with van der Waals surface area (Å²) in [6.07, 6.45) is 0.823. The molecule has 0 aliphatic rings. The van der Waals surface area contributed by atoms with Crippen LogP contribution in [0.1, 0.15) is 27.4 Å². The first kappa shape index (κ1) is 20.2. The van der Waals surface area contributed by atoms with Gasteiger partial charge in [-0.1, -0.05) is 35.3 Å². The second-order valence-corrected chi connectivity index (χ2v) is 6.69. The molecule has 26 heavy (non-hydrogen) atoms. The van der Waals surface area contributed by atoms with Gasteiger partial charge in [0.1, 0.15) is 11.4 Å². The molecular weight excluding hydrogens is 375 g/mol. The highest BCUT2D eigenvalue weighted by Gasteiger charge is 2.15. The molecule has 0 saturated carbocycles. The van der Waals surface area contributed by atoms with E-state index < -0.39 is 5.91 Å². The van der Waals surface area contributed by atoms with Gasteiger partial charge >= 0.3 is 0 Å². The molecule has 6 nitrogen and oxygen atoms in total. The first-order valence-corrected chi connectivity index (χ1v) is 8.79. The summed E-state index contributed by atoms with van der Waals surface area (Å²) in [5, 5.41) is 6.05. The van der Waals surface area contributed by atoms with Gasteiger partial charge in [-0.15, -0.1) is 0 Å². The van der Waals surface area contributed by atoms with Crippen LogP contribution in [-0.2, 0) is 0 Å². The molecule has 138 valence electrons. The van der Waals surface area contributed by atoms with E-state index in [0.717, 1.165) is 13.0 Å². The van der Waals surface area contributed by atoms with Crippen molar-refractivity contribution in [3.63, 3.8) is 0 Å². The van der Waals surface area contributed by atoms with Gasteiger partial charge in [-0.2, -0.15) is 0 Å². The van der Waals surface area contributed by atoms with E-state index in [-0.39, 0.29) is 17.3 Å². The Bertz CT molecular complexity index is 776. The largest absolute Gasteiger partial charge is 0.351 e. The lowest BCUT2D eigenvalue weighted by atomic mass is 10.2. The summed E-state index contributed by atoms with van der Waals surface area (Å²) in [5.41, 5.74) is 0.579. The van der Waals surface area contributed by atoms with Crippen molar-refractivity contribution < 1.29 is 9.59 Å². The van der Waals surface area contributed by atoms with Crippen molar-refractivity contribution in [1.82, 2.24) is 15.2 Å². The second kappa shape index (κ2) is 9.52. The van der Waals surface area contributed by atoms with Gasteiger partial charge in [0.15, 0.2) is 0 Å². The minimum Gasteiger partial charge on any atom is -0.351 e. The van der Waals surface area contributed by atoms with Crippen LogP contribution in [0.3, 0.4) is 0 Å². The number of aromatic nitrogens is 1. The lowest BCUT2D eigenvalue weighted by Crippen LogP contribution is -2.28. The van der Waals surface area contributed by atoms with E-state index in [4.69, 9.17) is 23.2 Å². The minimum atomic E-state index is -0.498. The normalized spacial score (nSPS) is 10.7. The Kier molecular flexibility index (Phi) is 7.38. The van der Waals surface area contributed by atoms with Crippen LogP contribution in [0.5, 0.6) is 0 Å². The Morgan fingerprint density at radius 2 is 1.58 bits per heavy atom. The third kappa shape index (κ3) is 5.69. The average Bonchev–Trinajstić information content (AvgIpc) is 2.61. The number of benzene rings is 1. The molecule has 2 rings (SSSR count). The number of rotatable bonds is 7. The Morgan fingerprint density at radius 1 is 1.00 bits per heavy atom. The van der Waals surface area contributed by atoms with Crippen molar-refractivity contribution in [3.05, 3.63) is 57.8 Å². The number of anilines is 1. The predicted octanol–water partition coefficient (Wildman–Crippen LogP) is 3.32. The van der Waals surface area contributed by atoms with E-state index >= 15 is 0 Å². The number of carbonyl (C=O) groups excluding carboxylic acids is 2. The minimum absolute atomic E-state index is 0.0990. The summed E-state index contributed by atoms with van der Waals surface area (Å²) in [7, 11) is 3.94. The fourth-order valence-corrected chi connectivity index (χ4v) is 2.66. The molecule has 1 aromatic carbocycles. The molecule has 1 heterocycles. The number of nitrogens with one attached hydrogen (secondary N) is 2. The molecule has 0 saturated heterocycles. The van der Waals surface area contributed by atoms with E-state index in [1.54, 1.807) is 30.3 Å². The lowest BCUT2D eigenvalue weighted by Gasteiger charge is -2.11. The smallest absolute Gasteiger partial charge is 0.274 e. The quantitative estimate of drug-likeness (QED) is 0.706. The van der Waals surface area contributed by atoms with Crippen LogP contribution in [-0.4, -0.2) is 48.9 Å². The first-order valence-electron chi connectivity index (χ1n) is 8.04. The third-order valence-electron chi connectivity index (χ3n) is 3.48. The van der Waals surface area contributed by atoms with Crippen LogP contribution in [0.4, 0.5) is 5.69 Å². The molecule has 1 aromatic heterocycles. The topological polar surface area (TPSA) is 74.3 Å². The number of para-hydroxylation sites is 1. The zero-order chi connectivity index (χ0) is 19.1. The zero-order valence-electron chi connectivity index (χ0n) is 14.6. The van der Waals surface area contributed by atoms with Crippen LogP contribution in [0.2, 0.25) is 10.0 Å². The number of halogens is 2. The fourth-order valence-electron chi connectivity index (χ4n) is 2.17.